The number of halogens is 2. The molecule has 0 aromatic carbocycles. The van der Waals surface area contributed by atoms with E-state index in [-0.39, 0.29) is 0 Å². The first kappa shape index (κ1) is 23.2. The van der Waals surface area contributed by atoms with Crippen molar-refractivity contribution >= 4 is 17.0 Å². The van der Waals surface area contributed by atoms with E-state index in [4.69, 9.17) is 17.0 Å². The van der Waals surface area contributed by atoms with Crippen LogP contribution in [-0.4, -0.2) is 0 Å². The van der Waals surface area contributed by atoms with Gasteiger partial charge in [0.25, 0.3) is 0 Å². The first-order valence-corrected chi connectivity index (χ1v) is 19.9. The molecule has 3 rings (SSSR count). The van der Waals surface area contributed by atoms with Gasteiger partial charge in [0, 0.05) is 11.8 Å². The molecule has 0 N–H and O–H groups in total. The molecule has 2 atom stereocenters. The summed E-state index contributed by atoms with van der Waals surface area (Å²) in [6.07, 6.45) is 7.15. The summed E-state index contributed by atoms with van der Waals surface area (Å²) in [7, 11) is 12.0. The molecular formula is C24H34Cl2Zr. The van der Waals surface area contributed by atoms with Crippen LogP contribution in [0.4, 0.5) is 0 Å². The average molecular weight is 485 g/mol. The fourth-order valence-electron chi connectivity index (χ4n) is 4.37. The van der Waals surface area contributed by atoms with Crippen molar-refractivity contribution in [2.45, 2.75) is 66.4 Å². The van der Waals surface area contributed by atoms with E-state index in [0.29, 0.717) is 11.8 Å². The van der Waals surface area contributed by atoms with Crippen LogP contribution in [0, 0.1) is 11.8 Å². The Morgan fingerprint density at radius 1 is 0.778 bits per heavy atom. The summed E-state index contributed by atoms with van der Waals surface area (Å²) >= 11 is -2.65. The van der Waals surface area contributed by atoms with Gasteiger partial charge in [-0.25, -0.2) is 0 Å². The topological polar surface area (TPSA) is 0 Å². The zero-order chi connectivity index (χ0) is 20.7. The first-order chi connectivity index (χ1) is 12.4. The quantitative estimate of drug-likeness (QED) is 0.367. The minimum absolute atomic E-state index is 0.594. The monoisotopic (exact) mass is 482 g/mol. The molecule has 0 saturated heterocycles. The fourth-order valence-corrected chi connectivity index (χ4v) is 8.16. The van der Waals surface area contributed by atoms with E-state index in [2.05, 4.69) is 67.5 Å². The summed E-state index contributed by atoms with van der Waals surface area (Å²) in [5.74, 6) is 1.19. The summed E-state index contributed by atoms with van der Waals surface area (Å²) in [6, 6.07) is 0. The Morgan fingerprint density at radius 2 is 1.19 bits per heavy atom. The summed E-state index contributed by atoms with van der Waals surface area (Å²) < 4.78 is 3.28. The van der Waals surface area contributed by atoms with Crippen molar-refractivity contribution in [3.8, 4) is 0 Å². The third-order valence-corrected chi connectivity index (χ3v) is 13.5. The van der Waals surface area contributed by atoms with E-state index >= 15 is 0 Å². The van der Waals surface area contributed by atoms with E-state index in [9.17, 15) is 0 Å². The summed E-state index contributed by atoms with van der Waals surface area (Å²) in [4.78, 5) is 0. The van der Waals surface area contributed by atoms with Crippen molar-refractivity contribution in [1.82, 2.24) is 0 Å². The Bertz CT molecular complexity index is 773. The third-order valence-electron chi connectivity index (χ3n) is 6.91. The van der Waals surface area contributed by atoms with Gasteiger partial charge in [-0.05, 0) is 75.0 Å². The van der Waals surface area contributed by atoms with Crippen molar-refractivity contribution < 1.29 is 17.9 Å². The first-order valence-electron chi connectivity index (χ1n) is 9.90. The molecule has 148 valence electrons. The molecule has 27 heavy (non-hydrogen) atoms. The number of hydrogen-bond acceptors (Lipinski definition) is 0. The predicted octanol–water partition coefficient (Wildman–Crippen LogP) is 8.93. The van der Waals surface area contributed by atoms with Crippen LogP contribution in [0.1, 0.15) is 61.8 Å². The molecule has 0 saturated carbocycles. The molecule has 0 spiro atoms. The molecule has 3 aliphatic rings. The maximum atomic E-state index is 6.01. The molecule has 0 aromatic rings. The van der Waals surface area contributed by atoms with Crippen LogP contribution >= 0.6 is 17.0 Å². The number of allylic oxidation sites excluding steroid dienone is 12. The van der Waals surface area contributed by atoms with Gasteiger partial charge in [-0.15, -0.1) is 0 Å². The van der Waals surface area contributed by atoms with Crippen LogP contribution in [0.15, 0.2) is 66.1 Å². The molecule has 0 fully saturated rings. The minimum atomic E-state index is -2.65. The van der Waals surface area contributed by atoms with Gasteiger partial charge in [0.1, 0.15) is 0 Å². The normalized spacial score (nSPS) is 25.7. The van der Waals surface area contributed by atoms with Crippen molar-refractivity contribution in [2.24, 2.45) is 11.8 Å². The van der Waals surface area contributed by atoms with Crippen LogP contribution in [0.25, 0.3) is 0 Å². The van der Waals surface area contributed by atoms with Crippen LogP contribution < -0.4 is 0 Å². The van der Waals surface area contributed by atoms with Gasteiger partial charge in [0.05, 0.1) is 0 Å². The van der Waals surface area contributed by atoms with Gasteiger partial charge in [-0.1, -0.05) is 25.0 Å². The molecule has 2 unspecified atom stereocenters. The van der Waals surface area contributed by atoms with Gasteiger partial charge in [0.2, 0.25) is 0 Å². The summed E-state index contributed by atoms with van der Waals surface area (Å²) in [5.41, 5.74) is 12.4. The standard InChI is InChI=1S/C18H26.C5H5.CH3.2ClH.Zr/c1-9-10(2)14(6)17(13(9)5)18-15(7)11(3)12(4)16(18)8;1-2-4-5-3-1;;;;/h13,15H,1-8H3;1-3H,4H2;1H3;2*1H;/q;;;;;+2/p-2. The van der Waals surface area contributed by atoms with Gasteiger partial charge < -0.3 is 0 Å². The zero-order valence-corrected chi connectivity index (χ0v) is 22.3. The maximum absolute atomic E-state index is 6.01. The molecular weight excluding hydrogens is 450 g/mol. The van der Waals surface area contributed by atoms with E-state index in [1.165, 1.54) is 25.6 Å². The summed E-state index contributed by atoms with van der Waals surface area (Å²) in [6.45, 7) is 18.5. The second-order valence-electron chi connectivity index (χ2n) is 8.35. The van der Waals surface area contributed by atoms with Gasteiger partial charge in [-0.2, -0.15) is 0 Å². The Labute approximate surface area is 178 Å². The molecule has 0 heterocycles. The van der Waals surface area contributed by atoms with E-state index in [1.54, 1.807) is 22.3 Å². The molecule has 0 amide bonds. The van der Waals surface area contributed by atoms with Crippen LogP contribution in [0.3, 0.4) is 0 Å². The van der Waals surface area contributed by atoms with Gasteiger partial charge >= 0.3 is 67.5 Å². The molecule has 0 aliphatic heterocycles. The molecule has 3 aliphatic carbocycles. The molecule has 3 heteroatoms. The van der Waals surface area contributed by atoms with E-state index in [1.807, 2.05) is 10.7 Å². The Kier molecular flexibility index (Phi) is 7.49. The molecule has 0 bridgehead atoms. The van der Waals surface area contributed by atoms with Crippen molar-refractivity contribution in [3.05, 3.63) is 66.1 Å². The van der Waals surface area contributed by atoms with E-state index in [0.717, 1.165) is 6.42 Å². The SMILES string of the molecule is CC1=C(C)C(C)C(C2=C(C)C(C)=C(C)C2C)=C1C.[CH3][Zr]([Cl])([Cl])[C]1=CC=CC1. The van der Waals surface area contributed by atoms with E-state index < -0.39 is 17.9 Å². The summed E-state index contributed by atoms with van der Waals surface area (Å²) in [5, 5.41) is 0. The third kappa shape index (κ3) is 4.57. The second kappa shape index (κ2) is 8.73. The Balaban J connectivity index is 0.000000244. The van der Waals surface area contributed by atoms with Gasteiger partial charge in [-0.3, -0.25) is 0 Å². The van der Waals surface area contributed by atoms with Crippen molar-refractivity contribution in [1.29, 1.82) is 0 Å². The van der Waals surface area contributed by atoms with Crippen LogP contribution in [0.5, 0.6) is 0 Å². The second-order valence-corrected chi connectivity index (χ2v) is 24.4. The number of hydrogen-bond donors (Lipinski definition) is 0. The van der Waals surface area contributed by atoms with Crippen LogP contribution in [-0.2, 0) is 17.9 Å². The average Bonchev–Trinajstić information content (AvgIpc) is 3.25. The fraction of sp³-hybridized carbons (Fsp3) is 0.500. The molecule has 0 nitrogen and oxygen atoms in total. The van der Waals surface area contributed by atoms with Crippen molar-refractivity contribution in [2.75, 3.05) is 0 Å². The van der Waals surface area contributed by atoms with Gasteiger partial charge in [0.15, 0.2) is 0 Å². The molecule has 0 radical (unpaired) electrons. The predicted molar refractivity (Wildman–Crippen MR) is 120 cm³/mol. The Morgan fingerprint density at radius 3 is 1.37 bits per heavy atom. The molecule has 0 aromatic heterocycles. The Hall–Kier alpha value is -0.0969. The van der Waals surface area contributed by atoms with Crippen LogP contribution in [0.2, 0.25) is 4.63 Å². The number of rotatable bonds is 2. The zero-order valence-electron chi connectivity index (χ0n) is 18.3. The van der Waals surface area contributed by atoms with Crippen molar-refractivity contribution in [3.63, 3.8) is 0 Å².